The fourth-order valence-electron chi connectivity index (χ4n) is 8.73. The SMILES string of the molecule is CCCCCCCCCCCCN[C@@H](O)C[C@H](N[C@H](O)[C@@H](N[C@@H](O)[C@H](N[C@H](O)[C@@H](NC(=O)CN[C@H](O)[C@H](C)NC(=O)[C@H](C)NC(=O)[C@H](CCC(=O)O)NC(=O)[C@H](CCC(=O)O)NC(=O)[C@@H](N)CCC(=O)O)C(C)C)C(C)C)C(C)C)C(N)=O. The molecule has 0 aromatic rings. The third kappa shape index (κ3) is 34.4. The van der Waals surface area contributed by atoms with Crippen LogP contribution in [0.15, 0.2) is 0 Å². The molecule has 0 saturated carbocycles. The molecule has 0 heterocycles. The third-order valence-corrected chi connectivity index (χ3v) is 13.9. The molecule has 0 fully saturated rings. The Balaban J connectivity index is 5.60. The lowest BCUT2D eigenvalue weighted by Gasteiger charge is -2.38. The molecular weight excluding hydrogens is 1090 g/mol. The molecule has 83 heavy (non-hydrogen) atoms. The van der Waals surface area contributed by atoms with Crippen LogP contribution >= 0.6 is 0 Å². The van der Waals surface area contributed by atoms with E-state index in [-0.39, 0.29) is 24.7 Å². The highest BCUT2D eigenvalue weighted by molar-refractivity contribution is 5.95. The van der Waals surface area contributed by atoms with E-state index in [0.717, 1.165) is 25.7 Å². The first-order chi connectivity index (χ1) is 38.8. The number of unbranched alkanes of at least 4 members (excludes halogenated alkanes) is 9. The van der Waals surface area contributed by atoms with Gasteiger partial charge < -0.3 is 78.9 Å². The third-order valence-electron chi connectivity index (χ3n) is 13.9. The molecule has 0 aliphatic carbocycles. The Kier molecular flexibility index (Phi) is 39.9. The molecule has 0 bridgehead atoms. The summed E-state index contributed by atoms with van der Waals surface area (Å²) in [5.41, 5.74) is 11.4. The van der Waals surface area contributed by atoms with Gasteiger partial charge >= 0.3 is 17.9 Å². The lowest BCUT2D eigenvalue weighted by atomic mass is 9.96. The second-order valence-electron chi connectivity index (χ2n) is 22.4. The van der Waals surface area contributed by atoms with E-state index in [9.17, 15) is 78.9 Å². The summed E-state index contributed by atoms with van der Waals surface area (Å²) < 4.78 is 0. The van der Waals surface area contributed by atoms with E-state index >= 15 is 0 Å². The van der Waals surface area contributed by atoms with Crippen molar-refractivity contribution in [1.82, 2.24) is 53.2 Å². The molecule has 29 nitrogen and oxygen atoms in total. The van der Waals surface area contributed by atoms with Gasteiger partial charge in [-0.1, -0.05) is 106 Å². The number of nitrogens with one attached hydrogen (secondary N) is 10. The molecule has 29 heteroatoms. The zero-order valence-corrected chi connectivity index (χ0v) is 50.2. The summed E-state index contributed by atoms with van der Waals surface area (Å²) in [5, 5.41) is 110. The molecule has 0 aliphatic rings. The van der Waals surface area contributed by atoms with Gasteiger partial charge in [0.15, 0.2) is 0 Å². The fourth-order valence-corrected chi connectivity index (χ4v) is 8.73. The number of primary amides is 1. The molecule has 14 atom stereocenters. The van der Waals surface area contributed by atoms with Crippen molar-refractivity contribution >= 4 is 53.4 Å². The first kappa shape index (κ1) is 77.8. The van der Waals surface area contributed by atoms with Gasteiger partial charge in [-0.05, 0) is 63.8 Å². The van der Waals surface area contributed by atoms with Crippen LogP contribution < -0.4 is 64.6 Å². The van der Waals surface area contributed by atoms with Gasteiger partial charge in [0.25, 0.3) is 0 Å². The molecule has 0 unspecified atom stereocenters. The Hall–Kier alpha value is -5.21. The molecule has 0 aromatic carbocycles. The number of hydrogen-bond donors (Lipinski definition) is 20. The summed E-state index contributed by atoms with van der Waals surface area (Å²) in [5.74, 6) is -10.6. The van der Waals surface area contributed by atoms with Crippen molar-refractivity contribution in [2.45, 2.75) is 257 Å². The number of aliphatic hydroxyl groups is 5. The second kappa shape index (κ2) is 42.6. The van der Waals surface area contributed by atoms with Crippen molar-refractivity contribution < 1.29 is 84.0 Å². The topological polar surface area (TPSA) is 488 Å². The number of rotatable bonds is 49. The van der Waals surface area contributed by atoms with E-state index in [4.69, 9.17) is 16.6 Å². The number of carboxylic acid groups (broad SMARTS) is 3. The molecule has 6 amide bonds. The summed E-state index contributed by atoms with van der Waals surface area (Å²) in [6.07, 6.45) is 1.38. The maximum absolute atomic E-state index is 13.4. The number of carboxylic acids is 3. The van der Waals surface area contributed by atoms with Crippen LogP contribution in [-0.4, -0.2) is 193 Å². The van der Waals surface area contributed by atoms with Crippen LogP contribution in [0.25, 0.3) is 0 Å². The molecule has 22 N–H and O–H groups in total. The number of amides is 6. The smallest absolute Gasteiger partial charge is 0.303 e. The van der Waals surface area contributed by atoms with Crippen molar-refractivity contribution in [3.8, 4) is 0 Å². The molecule has 0 rings (SSSR count). The van der Waals surface area contributed by atoms with Gasteiger partial charge in [0.1, 0.15) is 49.3 Å². The summed E-state index contributed by atoms with van der Waals surface area (Å²) >= 11 is 0. The van der Waals surface area contributed by atoms with E-state index in [2.05, 4.69) is 60.1 Å². The summed E-state index contributed by atoms with van der Waals surface area (Å²) in [6, 6.07) is -11.0. The Bertz CT molecular complexity index is 1960. The van der Waals surface area contributed by atoms with Gasteiger partial charge in [0.2, 0.25) is 35.4 Å². The van der Waals surface area contributed by atoms with Crippen LogP contribution in [0.4, 0.5) is 0 Å². The first-order valence-electron chi connectivity index (χ1n) is 29.2. The van der Waals surface area contributed by atoms with E-state index in [1.807, 2.05) is 0 Å². The van der Waals surface area contributed by atoms with Gasteiger partial charge in [-0.2, -0.15) is 0 Å². The van der Waals surface area contributed by atoms with Crippen LogP contribution in [0.1, 0.15) is 171 Å². The first-order valence-corrected chi connectivity index (χ1v) is 29.2. The van der Waals surface area contributed by atoms with Crippen molar-refractivity contribution in [2.75, 3.05) is 13.1 Å². The molecule has 0 aliphatic heterocycles. The summed E-state index contributed by atoms with van der Waals surface area (Å²) in [4.78, 5) is 112. The number of aliphatic hydroxyl groups excluding tert-OH is 5. The highest BCUT2D eigenvalue weighted by Gasteiger charge is 2.36. The molecular formula is C54H104N12O17. The number of aliphatic carboxylic acids is 3. The molecule has 0 spiro atoms. The average molecular weight is 1190 g/mol. The van der Waals surface area contributed by atoms with Crippen molar-refractivity contribution in [3.63, 3.8) is 0 Å². The number of nitrogens with two attached hydrogens (primary N) is 2. The Morgan fingerprint density at radius 2 is 0.867 bits per heavy atom. The minimum absolute atomic E-state index is 0.132. The lowest BCUT2D eigenvalue weighted by Crippen LogP contribution is -2.65. The van der Waals surface area contributed by atoms with Gasteiger partial charge in [-0.15, -0.1) is 0 Å². The van der Waals surface area contributed by atoms with Gasteiger partial charge in [-0.3, -0.25) is 69.7 Å². The monoisotopic (exact) mass is 1190 g/mol. The van der Waals surface area contributed by atoms with Crippen LogP contribution in [0.2, 0.25) is 0 Å². The number of carbonyl (C=O) groups excluding carboxylic acids is 6. The highest BCUT2D eigenvalue weighted by Crippen LogP contribution is 2.16. The standard InChI is InChI=1S/C54H104N12O17/c1-10-11-12-13-14-15-16-17-18-19-26-57-38(67)27-37(46(56)75)63-52(81)44(30(4)5)65-54(83)45(31(6)7)66-53(82)43(29(2)3)64-39(68)28-58-47(76)32(8)59-48(77)33(9)60-50(79)35(21-24-41(71)72)62-51(80)36(22-25-42(73)74)61-49(78)34(55)20-23-40(69)70/h29-38,43-45,47,52-54,57-58,63,65-67,76,81-83H,10-28,55H2,1-9H3,(H2,56,75)(H,59,77)(H,60,79)(H,61,78)(H,62,80)(H,64,68)(H,69,70)(H,71,72)(H,73,74)/t32-,33-,34-,35-,36-,37-,38-,43-,44-,45+,47+,52+,53+,54-/m0/s1. The number of hydrogen-bond acceptors (Lipinski definition) is 20. The average Bonchev–Trinajstić information content (AvgIpc) is 3.39. The zero-order valence-electron chi connectivity index (χ0n) is 50.2. The van der Waals surface area contributed by atoms with Crippen LogP contribution in [0.3, 0.4) is 0 Å². The molecule has 0 radical (unpaired) electrons. The van der Waals surface area contributed by atoms with Gasteiger partial charge in [0, 0.05) is 25.7 Å². The minimum atomic E-state index is -1.63. The normalized spacial score (nSPS) is 16.8. The van der Waals surface area contributed by atoms with Crippen molar-refractivity contribution in [3.05, 3.63) is 0 Å². The Labute approximate surface area is 488 Å². The van der Waals surface area contributed by atoms with Gasteiger partial charge in [-0.25, -0.2) is 0 Å². The van der Waals surface area contributed by atoms with Crippen molar-refractivity contribution in [2.24, 2.45) is 29.2 Å². The maximum Gasteiger partial charge on any atom is 0.303 e. The van der Waals surface area contributed by atoms with Crippen LogP contribution in [0, 0.1) is 17.8 Å². The second-order valence-corrected chi connectivity index (χ2v) is 22.4. The van der Waals surface area contributed by atoms with E-state index in [1.165, 1.54) is 52.4 Å². The minimum Gasteiger partial charge on any atom is -0.481 e. The molecule has 0 aromatic heterocycles. The van der Waals surface area contributed by atoms with Gasteiger partial charge in [0.05, 0.1) is 42.8 Å². The van der Waals surface area contributed by atoms with Crippen molar-refractivity contribution in [1.29, 1.82) is 0 Å². The van der Waals surface area contributed by atoms with Crippen LogP contribution in [0.5, 0.6) is 0 Å². The molecule has 482 valence electrons. The predicted molar refractivity (Wildman–Crippen MR) is 307 cm³/mol. The van der Waals surface area contributed by atoms with Crippen LogP contribution in [-0.2, 0) is 43.2 Å². The maximum atomic E-state index is 13.4. The summed E-state index contributed by atoms with van der Waals surface area (Å²) in [7, 11) is 0. The predicted octanol–water partition coefficient (Wildman–Crippen LogP) is -2.22. The lowest BCUT2D eigenvalue weighted by molar-refractivity contribution is -0.140. The highest BCUT2D eigenvalue weighted by atomic mass is 16.4. The summed E-state index contributed by atoms with van der Waals surface area (Å²) in [6.45, 7) is 15.3. The zero-order chi connectivity index (χ0) is 63.5. The number of carbonyl (C=O) groups is 9. The van der Waals surface area contributed by atoms with E-state index < -0.39 is 183 Å². The quantitative estimate of drug-likeness (QED) is 0.0227. The Morgan fingerprint density at radius 1 is 0.446 bits per heavy atom. The fraction of sp³-hybridized carbons (Fsp3) is 0.833. The molecule has 0 saturated heterocycles. The largest absolute Gasteiger partial charge is 0.481 e. The van der Waals surface area contributed by atoms with E-state index in [0.29, 0.717) is 6.54 Å². The Morgan fingerprint density at radius 3 is 1.33 bits per heavy atom. The van der Waals surface area contributed by atoms with E-state index in [1.54, 1.807) is 41.5 Å².